The van der Waals surface area contributed by atoms with E-state index in [9.17, 15) is 17.6 Å². The largest absolute Gasteiger partial charge is 0.434 e. The number of thiocarbonyl (C=S) groups is 1. The van der Waals surface area contributed by atoms with Gasteiger partial charge in [-0.3, -0.25) is 0 Å². The summed E-state index contributed by atoms with van der Waals surface area (Å²) in [6.45, 7) is 0. The molecular formula is C21H12Cl2F4N4OS. The van der Waals surface area contributed by atoms with Crippen LogP contribution in [0.5, 0.6) is 0 Å². The van der Waals surface area contributed by atoms with Crippen LogP contribution < -0.4 is 5.32 Å². The second kappa shape index (κ2) is 8.77. The van der Waals surface area contributed by atoms with Gasteiger partial charge in [-0.2, -0.15) is 18.3 Å². The van der Waals surface area contributed by atoms with Crippen molar-refractivity contribution in [1.82, 2.24) is 20.3 Å². The maximum atomic E-state index is 14.6. The lowest BCUT2D eigenvalue weighted by molar-refractivity contribution is -0.142. The highest BCUT2D eigenvalue weighted by Gasteiger charge is 2.41. The topological polar surface area (TPSA) is 55.9 Å². The van der Waals surface area contributed by atoms with E-state index in [1.54, 1.807) is 0 Å². The van der Waals surface area contributed by atoms with Gasteiger partial charge in [0.05, 0.1) is 33.6 Å². The van der Waals surface area contributed by atoms with E-state index in [0.29, 0.717) is 4.68 Å². The summed E-state index contributed by atoms with van der Waals surface area (Å²) < 4.78 is 63.2. The van der Waals surface area contributed by atoms with Gasteiger partial charge < -0.3 is 9.84 Å². The van der Waals surface area contributed by atoms with E-state index in [1.807, 2.05) is 0 Å². The third kappa shape index (κ3) is 4.21. The van der Waals surface area contributed by atoms with Gasteiger partial charge in [0.25, 0.3) is 0 Å². The molecule has 170 valence electrons. The van der Waals surface area contributed by atoms with Crippen LogP contribution in [0.3, 0.4) is 0 Å². The zero-order valence-corrected chi connectivity index (χ0v) is 18.9. The van der Waals surface area contributed by atoms with Gasteiger partial charge in [-0.15, -0.1) is 0 Å². The molecular weight excluding hydrogens is 503 g/mol. The fourth-order valence-corrected chi connectivity index (χ4v) is 3.92. The second-order valence-electron chi connectivity index (χ2n) is 6.71. The van der Waals surface area contributed by atoms with Gasteiger partial charge in [0, 0.05) is 12.1 Å². The van der Waals surface area contributed by atoms with Crippen LogP contribution in [0.1, 0.15) is 11.3 Å². The molecule has 0 spiro atoms. The van der Waals surface area contributed by atoms with E-state index in [4.69, 9.17) is 39.9 Å². The molecule has 2 aromatic carbocycles. The first kappa shape index (κ1) is 23.2. The number of halogens is 6. The van der Waals surface area contributed by atoms with Crippen LogP contribution in [0, 0.1) is 5.82 Å². The highest BCUT2D eigenvalue weighted by molar-refractivity contribution is 7.80. The lowest BCUT2D eigenvalue weighted by atomic mass is 10.0. The van der Waals surface area contributed by atoms with Gasteiger partial charge in [0.2, 0.25) is 0 Å². The first-order valence-electron chi connectivity index (χ1n) is 9.21. The monoisotopic (exact) mass is 514 g/mol. The van der Waals surface area contributed by atoms with Gasteiger partial charge >= 0.3 is 6.18 Å². The molecule has 0 aliphatic carbocycles. The molecule has 5 nitrogen and oxygen atoms in total. The predicted molar refractivity (Wildman–Crippen MR) is 120 cm³/mol. The van der Waals surface area contributed by atoms with Crippen LogP contribution in [0.4, 0.5) is 17.6 Å². The van der Waals surface area contributed by atoms with Crippen molar-refractivity contribution < 1.29 is 22.1 Å². The normalized spacial score (nSPS) is 11.6. The molecule has 12 heteroatoms. The maximum Gasteiger partial charge on any atom is 0.434 e. The maximum absolute atomic E-state index is 14.6. The van der Waals surface area contributed by atoms with Gasteiger partial charge in [-0.1, -0.05) is 52.7 Å². The summed E-state index contributed by atoms with van der Waals surface area (Å²) in [4.78, 5) is -0.0239. The van der Waals surface area contributed by atoms with Crippen LogP contribution in [0.15, 0.2) is 53.2 Å². The first-order valence-corrected chi connectivity index (χ1v) is 10.4. The smallest absolute Gasteiger partial charge is 0.379 e. The van der Waals surface area contributed by atoms with E-state index in [-0.39, 0.29) is 43.3 Å². The van der Waals surface area contributed by atoms with Crippen molar-refractivity contribution in [3.8, 4) is 28.3 Å². The molecule has 0 atom stereocenters. The summed E-state index contributed by atoms with van der Waals surface area (Å²) in [5.74, 6) is -1.09. The van der Waals surface area contributed by atoms with Crippen molar-refractivity contribution in [2.45, 2.75) is 6.18 Å². The molecule has 0 fully saturated rings. The van der Waals surface area contributed by atoms with E-state index in [2.05, 4.69) is 15.6 Å². The summed E-state index contributed by atoms with van der Waals surface area (Å²) in [5.41, 5.74) is -1.87. The van der Waals surface area contributed by atoms with Gasteiger partial charge in [0.15, 0.2) is 11.5 Å². The molecule has 0 saturated heterocycles. The lowest BCUT2D eigenvalue weighted by Crippen LogP contribution is -2.19. The summed E-state index contributed by atoms with van der Waals surface area (Å²) in [7, 11) is 1.46. The minimum Gasteiger partial charge on any atom is -0.379 e. The Kier molecular flexibility index (Phi) is 6.17. The predicted octanol–water partition coefficient (Wildman–Crippen LogP) is 6.55. The highest BCUT2D eigenvalue weighted by Crippen LogP contribution is 2.43. The van der Waals surface area contributed by atoms with Crippen molar-refractivity contribution in [3.63, 3.8) is 0 Å². The summed E-state index contributed by atoms with van der Waals surface area (Å²) >= 11 is 17.4. The Morgan fingerprint density at radius 1 is 1.15 bits per heavy atom. The molecule has 0 aliphatic rings. The summed E-state index contributed by atoms with van der Waals surface area (Å²) in [5, 5.41) is 10.6. The van der Waals surface area contributed by atoms with Crippen molar-refractivity contribution in [1.29, 1.82) is 0 Å². The number of aromatic nitrogens is 3. The number of hydrogen-bond donors (Lipinski definition) is 1. The standard InChI is InChI=1S/C21H12Cl2F4N4OS/c1-28-20(33)16-17(15-13(23)6-3-7-14(15)24)30-32-18(16)12-9-29-31(19(12)21(25,26)27)11-5-2-4-10(22)8-11/h2-9H,1H3,(H,28,33). The zero-order chi connectivity index (χ0) is 23.9. The number of rotatable bonds is 4. The summed E-state index contributed by atoms with van der Waals surface area (Å²) in [6.07, 6.45) is -3.88. The number of nitrogens with one attached hydrogen (secondary N) is 1. The van der Waals surface area contributed by atoms with Crippen LogP contribution in [0.2, 0.25) is 10.0 Å². The Hall–Kier alpha value is -2.95. The third-order valence-electron chi connectivity index (χ3n) is 4.68. The second-order valence-corrected chi connectivity index (χ2v) is 7.96. The van der Waals surface area contributed by atoms with Crippen LogP contribution in [0.25, 0.3) is 28.3 Å². The van der Waals surface area contributed by atoms with Crippen LogP contribution in [-0.4, -0.2) is 27.0 Å². The number of benzene rings is 2. The minimum atomic E-state index is -4.85. The van der Waals surface area contributed by atoms with Crippen LogP contribution >= 0.6 is 35.4 Å². The van der Waals surface area contributed by atoms with Crippen LogP contribution in [-0.2, 0) is 6.18 Å². The molecule has 2 aromatic heterocycles. The lowest BCUT2D eigenvalue weighted by Gasteiger charge is -2.13. The Balaban J connectivity index is 2.01. The Morgan fingerprint density at radius 2 is 1.88 bits per heavy atom. The summed E-state index contributed by atoms with van der Waals surface area (Å²) in [6, 6.07) is 9.70. The number of alkyl halides is 3. The molecule has 0 radical (unpaired) electrons. The highest BCUT2D eigenvalue weighted by atomic mass is 35.5. The van der Waals surface area contributed by atoms with E-state index in [0.717, 1.165) is 12.3 Å². The Morgan fingerprint density at radius 3 is 2.52 bits per heavy atom. The molecule has 0 aliphatic heterocycles. The van der Waals surface area contributed by atoms with E-state index < -0.39 is 23.3 Å². The van der Waals surface area contributed by atoms with Gasteiger partial charge in [-0.25, -0.2) is 9.07 Å². The third-order valence-corrected chi connectivity index (χ3v) is 5.64. The van der Waals surface area contributed by atoms with Crippen molar-refractivity contribution >= 4 is 40.4 Å². The molecule has 4 aromatic rings. The molecule has 0 amide bonds. The Bertz CT molecular complexity index is 1350. The molecule has 4 rings (SSSR count). The Labute approximate surface area is 199 Å². The molecule has 1 N–H and O–H groups in total. The molecule has 33 heavy (non-hydrogen) atoms. The molecule has 0 unspecified atom stereocenters. The molecule has 0 bridgehead atoms. The van der Waals surface area contributed by atoms with Crippen molar-refractivity contribution in [3.05, 3.63) is 75.8 Å². The fraction of sp³-hybridized carbons (Fsp3) is 0.0952. The molecule has 0 saturated carbocycles. The number of nitrogens with zero attached hydrogens (tertiary/aromatic N) is 3. The average Bonchev–Trinajstić information content (AvgIpc) is 3.37. The van der Waals surface area contributed by atoms with E-state index in [1.165, 1.54) is 43.4 Å². The fourth-order valence-electron chi connectivity index (χ4n) is 3.30. The number of hydrogen-bond acceptors (Lipinski definition) is 4. The van der Waals surface area contributed by atoms with Crippen molar-refractivity contribution in [2.24, 2.45) is 0 Å². The minimum absolute atomic E-state index is 0.0133. The first-order chi connectivity index (χ1) is 15.6. The van der Waals surface area contributed by atoms with Gasteiger partial charge in [-0.05, 0) is 30.3 Å². The van der Waals surface area contributed by atoms with Crippen molar-refractivity contribution in [2.75, 3.05) is 7.05 Å². The SMILES string of the molecule is CNC(=S)c1c(-c2c(F)cccc2Cl)noc1-c1cnn(-c2cccc(Cl)c2)c1C(F)(F)F. The zero-order valence-electron chi connectivity index (χ0n) is 16.5. The van der Waals surface area contributed by atoms with Gasteiger partial charge in [0.1, 0.15) is 16.5 Å². The quantitative estimate of drug-likeness (QED) is 0.247. The van der Waals surface area contributed by atoms with E-state index >= 15 is 0 Å². The molecule has 2 heterocycles. The average molecular weight is 515 g/mol.